The van der Waals surface area contributed by atoms with Crippen LogP contribution in [0.25, 0.3) is 0 Å². The number of hydrogen-bond acceptors (Lipinski definition) is 3. The van der Waals surface area contributed by atoms with Crippen LogP contribution in [0, 0.1) is 0 Å². The number of nitrogens with zero attached hydrogens (tertiary/aromatic N) is 1. The summed E-state index contributed by atoms with van der Waals surface area (Å²) in [4.78, 5) is 14.9. The van der Waals surface area contributed by atoms with Gasteiger partial charge >= 0.3 is 0 Å². The van der Waals surface area contributed by atoms with Gasteiger partial charge in [0.1, 0.15) is 5.75 Å². The number of carbonyl (C=O) groups is 1. The molecular formula is C12H15NO2. The number of ether oxygens (including phenoxy) is 1. The Balaban J connectivity index is 2.38. The SMILES string of the molecule is CC(C)c1cncc(C=O)c1OC1CC1. The Labute approximate surface area is 89.5 Å². The van der Waals surface area contributed by atoms with Crippen molar-refractivity contribution in [2.45, 2.75) is 38.7 Å². The van der Waals surface area contributed by atoms with E-state index < -0.39 is 0 Å². The Morgan fingerprint density at radius 1 is 1.47 bits per heavy atom. The summed E-state index contributed by atoms with van der Waals surface area (Å²) in [6, 6.07) is 0. The molecule has 0 spiro atoms. The van der Waals surface area contributed by atoms with Gasteiger partial charge < -0.3 is 4.74 Å². The summed E-state index contributed by atoms with van der Waals surface area (Å²) in [7, 11) is 0. The minimum absolute atomic E-state index is 0.309. The molecule has 0 amide bonds. The summed E-state index contributed by atoms with van der Waals surface area (Å²) in [5.74, 6) is 1.06. The fourth-order valence-electron chi connectivity index (χ4n) is 1.47. The number of hydrogen-bond donors (Lipinski definition) is 0. The van der Waals surface area contributed by atoms with Gasteiger partial charge in [-0.3, -0.25) is 9.78 Å². The molecule has 1 aromatic heterocycles. The molecule has 0 unspecified atom stereocenters. The summed E-state index contributed by atoms with van der Waals surface area (Å²) in [6.45, 7) is 4.15. The topological polar surface area (TPSA) is 39.2 Å². The van der Waals surface area contributed by atoms with Gasteiger partial charge in [0, 0.05) is 18.0 Å². The molecule has 2 rings (SSSR count). The molecule has 3 heteroatoms. The first-order chi connectivity index (χ1) is 7.22. The molecule has 0 radical (unpaired) electrons. The van der Waals surface area contributed by atoms with E-state index in [0.29, 0.717) is 17.6 Å². The third kappa shape index (κ3) is 2.17. The molecule has 0 aromatic carbocycles. The van der Waals surface area contributed by atoms with Crippen molar-refractivity contribution in [3.8, 4) is 5.75 Å². The Morgan fingerprint density at radius 3 is 2.73 bits per heavy atom. The van der Waals surface area contributed by atoms with E-state index in [0.717, 1.165) is 30.4 Å². The van der Waals surface area contributed by atoms with Crippen molar-refractivity contribution >= 4 is 6.29 Å². The van der Waals surface area contributed by atoms with Crippen molar-refractivity contribution in [2.24, 2.45) is 0 Å². The molecule has 1 fully saturated rings. The highest BCUT2D eigenvalue weighted by molar-refractivity contribution is 5.79. The first kappa shape index (κ1) is 10.1. The fourth-order valence-corrected chi connectivity index (χ4v) is 1.47. The highest BCUT2D eigenvalue weighted by atomic mass is 16.5. The first-order valence-electron chi connectivity index (χ1n) is 5.32. The summed E-state index contributed by atoms with van der Waals surface area (Å²) in [5.41, 5.74) is 1.58. The standard InChI is InChI=1S/C12H15NO2/c1-8(2)11-6-13-5-9(7-14)12(11)15-10-3-4-10/h5-8,10H,3-4H2,1-2H3. The highest BCUT2D eigenvalue weighted by Gasteiger charge is 2.26. The van der Waals surface area contributed by atoms with Gasteiger partial charge in [-0.2, -0.15) is 0 Å². The average molecular weight is 205 g/mol. The maximum absolute atomic E-state index is 10.9. The quantitative estimate of drug-likeness (QED) is 0.709. The van der Waals surface area contributed by atoms with Crippen molar-refractivity contribution in [2.75, 3.05) is 0 Å². The number of aldehydes is 1. The monoisotopic (exact) mass is 205 g/mol. The third-order valence-corrected chi connectivity index (χ3v) is 2.51. The number of carbonyl (C=O) groups excluding carboxylic acids is 1. The Hall–Kier alpha value is -1.38. The molecule has 1 aliphatic rings. The van der Waals surface area contributed by atoms with E-state index in [9.17, 15) is 4.79 Å². The summed E-state index contributed by atoms with van der Waals surface area (Å²) in [6.07, 6.45) is 6.67. The zero-order chi connectivity index (χ0) is 10.8. The Kier molecular flexibility index (Phi) is 2.71. The smallest absolute Gasteiger partial charge is 0.155 e. The molecule has 3 nitrogen and oxygen atoms in total. The Morgan fingerprint density at radius 2 is 2.20 bits per heavy atom. The largest absolute Gasteiger partial charge is 0.489 e. The van der Waals surface area contributed by atoms with Crippen molar-refractivity contribution in [1.82, 2.24) is 4.98 Å². The molecule has 80 valence electrons. The lowest BCUT2D eigenvalue weighted by Gasteiger charge is -2.14. The van der Waals surface area contributed by atoms with E-state index in [1.54, 1.807) is 12.4 Å². The van der Waals surface area contributed by atoms with Crippen molar-refractivity contribution < 1.29 is 9.53 Å². The second-order valence-electron chi connectivity index (χ2n) is 4.24. The van der Waals surface area contributed by atoms with Crippen LogP contribution in [0.1, 0.15) is 48.5 Å². The summed E-state index contributed by atoms with van der Waals surface area (Å²) >= 11 is 0. The fraction of sp³-hybridized carbons (Fsp3) is 0.500. The van der Waals surface area contributed by atoms with E-state index in [1.165, 1.54) is 0 Å². The molecule has 0 saturated heterocycles. The van der Waals surface area contributed by atoms with Crippen LogP contribution in [0.2, 0.25) is 0 Å². The third-order valence-electron chi connectivity index (χ3n) is 2.51. The minimum atomic E-state index is 0.309. The van der Waals surface area contributed by atoms with Crippen LogP contribution in [0.3, 0.4) is 0 Å². The predicted octanol–water partition coefficient (Wildman–Crippen LogP) is 2.56. The van der Waals surface area contributed by atoms with Crippen LogP contribution in [0.4, 0.5) is 0 Å². The molecule has 1 saturated carbocycles. The molecule has 0 N–H and O–H groups in total. The zero-order valence-corrected chi connectivity index (χ0v) is 9.06. The lowest BCUT2D eigenvalue weighted by molar-refractivity contribution is 0.111. The molecule has 0 aliphatic heterocycles. The Bertz CT molecular complexity index is 370. The molecule has 1 aromatic rings. The normalized spacial score (nSPS) is 15.4. The van der Waals surface area contributed by atoms with Gasteiger partial charge in [0.2, 0.25) is 0 Å². The van der Waals surface area contributed by atoms with Gasteiger partial charge in [-0.25, -0.2) is 0 Å². The van der Waals surface area contributed by atoms with E-state index in [-0.39, 0.29) is 0 Å². The van der Waals surface area contributed by atoms with Crippen LogP contribution >= 0.6 is 0 Å². The first-order valence-corrected chi connectivity index (χ1v) is 5.32. The maximum atomic E-state index is 10.9. The van der Waals surface area contributed by atoms with Gasteiger partial charge in [-0.15, -0.1) is 0 Å². The van der Waals surface area contributed by atoms with Gasteiger partial charge in [0.05, 0.1) is 11.7 Å². The van der Waals surface area contributed by atoms with Crippen molar-refractivity contribution in [1.29, 1.82) is 0 Å². The van der Waals surface area contributed by atoms with Crippen molar-refractivity contribution in [3.63, 3.8) is 0 Å². The number of aromatic nitrogens is 1. The molecule has 1 heterocycles. The van der Waals surface area contributed by atoms with E-state index in [4.69, 9.17) is 4.74 Å². The summed E-state index contributed by atoms with van der Waals surface area (Å²) in [5, 5.41) is 0. The van der Waals surface area contributed by atoms with Gasteiger partial charge in [0.25, 0.3) is 0 Å². The van der Waals surface area contributed by atoms with Gasteiger partial charge in [-0.1, -0.05) is 13.8 Å². The number of rotatable bonds is 4. The minimum Gasteiger partial charge on any atom is -0.489 e. The maximum Gasteiger partial charge on any atom is 0.155 e. The highest BCUT2D eigenvalue weighted by Crippen LogP contribution is 2.34. The van der Waals surface area contributed by atoms with Crippen LogP contribution < -0.4 is 4.74 Å². The molecule has 0 bridgehead atoms. The van der Waals surface area contributed by atoms with Crippen LogP contribution in [0.15, 0.2) is 12.4 Å². The average Bonchev–Trinajstić information content (AvgIpc) is 3.01. The van der Waals surface area contributed by atoms with Gasteiger partial charge in [-0.05, 0) is 18.8 Å². The van der Waals surface area contributed by atoms with Crippen LogP contribution in [-0.4, -0.2) is 17.4 Å². The molecule has 15 heavy (non-hydrogen) atoms. The molecular weight excluding hydrogens is 190 g/mol. The van der Waals surface area contributed by atoms with Crippen molar-refractivity contribution in [3.05, 3.63) is 23.5 Å². The lowest BCUT2D eigenvalue weighted by atomic mass is 10.0. The second-order valence-corrected chi connectivity index (χ2v) is 4.24. The summed E-state index contributed by atoms with van der Waals surface area (Å²) < 4.78 is 5.77. The lowest BCUT2D eigenvalue weighted by Crippen LogP contribution is -2.05. The molecule has 1 aliphatic carbocycles. The molecule has 0 atom stereocenters. The van der Waals surface area contributed by atoms with E-state index >= 15 is 0 Å². The number of pyridine rings is 1. The second kappa shape index (κ2) is 4.01. The van der Waals surface area contributed by atoms with Crippen LogP contribution in [-0.2, 0) is 0 Å². The van der Waals surface area contributed by atoms with E-state index in [2.05, 4.69) is 18.8 Å². The van der Waals surface area contributed by atoms with Gasteiger partial charge in [0.15, 0.2) is 6.29 Å². The van der Waals surface area contributed by atoms with E-state index in [1.807, 2.05) is 0 Å². The van der Waals surface area contributed by atoms with Crippen LogP contribution in [0.5, 0.6) is 5.75 Å². The predicted molar refractivity (Wildman–Crippen MR) is 57.4 cm³/mol. The zero-order valence-electron chi connectivity index (χ0n) is 9.06.